The van der Waals surface area contributed by atoms with E-state index in [1.54, 1.807) is 17.0 Å². The lowest BCUT2D eigenvalue weighted by atomic mass is 10.0. The van der Waals surface area contributed by atoms with E-state index in [9.17, 15) is 9.59 Å². The average Bonchev–Trinajstić information content (AvgIpc) is 2.61. The predicted octanol–water partition coefficient (Wildman–Crippen LogP) is 4.76. The summed E-state index contributed by atoms with van der Waals surface area (Å²) in [4.78, 5) is 26.5. The van der Waals surface area contributed by atoms with Crippen LogP contribution in [0.2, 0.25) is 5.02 Å². The van der Waals surface area contributed by atoms with E-state index in [0.29, 0.717) is 10.7 Å². The molecule has 2 amide bonds. The molecule has 4 nitrogen and oxygen atoms in total. The molecule has 0 aliphatic heterocycles. The van der Waals surface area contributed by atoms with Gasteiger partial charge in [0.05, 0.1) is 5.69 Å². The van der Waals surface area contributed by atoms with Crippen molar-refractivity contribution in [1.82, 2.24) is 0 Å². The Morgan fingerprint density at radius 3 is 2.23 bits per heavy atom. The fourth-order valence-corrected chi connectivity index (χ4v) is 3.14. The van der Waals surface area contributed by atoms with Crippen LogP contribution < -0.4 is 10.2 Å². The van der Waals surface area contributed by atoms with E-state index in [2.05, 4.69) is 5.32 Å². The number of nitrogens with one attached hydrogen (secondary N) is 1. The highest BCUT2D eigenvalue weighted by atomic mass is 35.5. The molecule has 0 heterocycles. The summed E-state index contributed by atoms with van der Waals surface area (Å²) >= 11 is 6.02. The van der Waals surface area contributed by atoms with Gasteiger partial charge in [-0.05, 0) is 48.6 Å². The molecule has 0 aliphatic carbocycles. The first-order valence-electron chi connectivity index (χ1n) is 8.82. The van der Waals surface area contributed by atoms with E-state index in [4.69, 9.17) is 11.6 Å². The molecule has 0 saturated carbocycles. The van der Waals surface area contributed by atoms with Gasteiger partial charge in [0, 0.05) is 17.6 Å². The zero-order chi connectivity index (χ0) is 19.3. The number of para-hydroxylation sites is 1. The number of hydrogen-bond acceptors (Lipinski definition) is 2. The summed E-state index contributed by atoms with van der Waals surface area (Å²) < 4.78 is 0. The summed E-state index contributed by atoms with van der Waals surface area (Å²) in [6.07, 6.45) is 1.59. The van der Waals surface area contributed by atoms with Crippen molar-refractivity contribution in [2.75, 3.05) is 16.8 Å². The van der Waals surface area contributed by atoms with Gasteiger partial charge in [-0.25, -0.2) is 0 Å². The molecule has 1 N–H and O–H groups in total. The van der Waals surface area contributed by atoms with Crippen molar-refractivity contribution in [2.24, 2.45) is 0 Å². The fraction of sp³-hybridized carbons (Fsp3) is 0.333. The SMILES string of the molecule is CCc1cccc(CC)c1N(CC(=O)Nc1cc(Cl)ccc1C)C(C)=O. The van der Waals surface area contributed by atoms with Crippen LogP contribution in [0.4, 0.5) is 11.4 Å². The van der Waals surface area contributed by atoms with Crippen LogP contribution in [-0.4, -0.2) is 18.4 Å². The van der Waals surface area contributed by atoms with Crippen molar-refractivity contribution < 1.29 is 9.59 Å². The molecule has 0 atom stereocenters. The summed E-state index contributed by atoms with van der Waals surface area (Å²) in [5.74, 6) is -0.405. The minimum absolute atomic E-state index is 0.0364. The second-order valence-electron chi connectivity index (χ2n) is 6.24. The van der Waals surface area contributed by atoms with Crippen molar-refractivity contribution in [2.45, 2.75) is 40.5 Å². The molecular formula is C21H25ClN2O2. The van der Waals surface area contributed by atoms with Crippen molar-refractivity contribution in [3.8, 4) is 0 Å². The maximum Gasteiger partial charge on any atom is 0.244 e. The number of hydrogen-bond donors (Lipinski definition) is 1. The summed E-state index contributed by atoms with van der Waals surface area (Å²) in [5, 5.41) is 3.42. The molecule has 0 fully saturated rings. The Morgan fingerprint density at radius 1 is 1.08 bits per heavy atom. The Hall–Kier alpha value is -2.33. The van der Waals surface area contributed by atoms with Gasteiger partial charge in [-0.15, -0.1) is 0 Å². The van der Waals surface area contributed by atoms with Gasteiger partial charge in [0.15, 0.2) is 0 Å². The first-order chi connectivity index (χ1) is 12.4. The highest BCUT2D eigenvalue weighted by molar-refractivity contribution is 6.31. The predicted molar refractivity (Wildman–Crippen MR) is 108 cm³/mol. The highest BCUT2D eigenvalue weighted by Crippen LogP contribution is 2.27. The van der Waals surface area contributed by atoms with Gasteiger partial charge in [-0.3, -0.25) is 9.59 Å². The number of amides is 2. The van der Waals surface area contributed by atoms with Crippen LogP contribution in [0.5, 0.6) is 0 Å². The van der Waals surface area contributed by atoms with Gasteiger partial charge in [-0.2, -0.15) is 0 Å². The lowest BCUT2D eigenvalue weighted by Gasteiger charge is -2.26. The number of rotatable bonds is 6. The summed E-state index contributed by atoms with van der Waals surface area (Å²) in [7, 11) is 0. The van der Waals surface area contributed by atoms with Gasteiger partial charge in [0.1, 0.15) is 6.54 Å². The lowest BCUT2D eigenvalue weighted by Crippen LogP contribution is -2.38. The molecule has 138 valence electrons. The zero-order valence-corrected chi connectivity index (χ0v) is 16.5. The summed E-state index contributed by atoms with van der Waals surface area (Å²) in [6.45, 7) is 7.45. The number of benzene rings is 2. The molecule has 0 spiro atoms. The van der Waals surface area contributed by atoms with Crippen LogP contribution in [-0.2, 0) is 22.4 Å². The van der Waals surface area contributed by atoms with E-state index in [1.807, 2.05) is 45.0 Å². The third-order valence-corrected chi connectivity index (χ3v) is 4.63. The monoisotopic (exact) mass is 372 g/mol. The van der Waals surface area contributed by atoms with E-state index >= 15 is 0 Å². The Labute approximate surface area is 160 Å². The molecule has 26 heavy (non-hydrogen) atoms. The normalized spacial score (nSPS) is 10.5. The van der Waals surface area contributed by atoms with E-state index in [-0.39, 0.29) is 18.4 Å². The topological polar surface area (TPSA) is 49.4 Å². The molecule has 2 aromatic rings. The van der Waals surface area contributed by atoms with Gasteiger partial charge < -0.3 is 10.2 Å². The minimum atomic E-state index is -0.251. The Kier molecular flexibility index (Phi) is 6.81. The van der Waals surface area contributed by atoms with E-state index in [0.717, 1.165) is 35.2 Å². The quantitative estimate of drug-likeness (QED) is 0.794. The standard InChI is InChI=1S/C21H25ClN2O2/c1-5-16-8-7-9-17(6-2)21(16)24(15(4)25)13-20(26)23-19-12-18(22)11-10-14(19)3/h7-12H,5-6,13H2,1-4H3,(H,23,26). The first kappa shape index (κ1) is 20.0. The van der Waals surface area contributed by atoms with Crippen LogP contribution in [0.25, 0.3) is 0 Å². The third kappa shape index (κ3) is 4.64. The molecule has 2 rings (SSSR count). The van der Waals surface area contributed by atoms with Crippen molar-refractivity contribution >= 4 is 34.8 Å². The van der Waals surface area contributed by atoms with Crippen LogP contribution in [0.3, 0.4) is 0 Å². The van der Waals surface area contributed by atoms with Gasteiger partial charge >= 0.3 is 0 Å². The first-order valence-corrected chi connectivity index (χ1v) is 9.20. The molecule has 2 aromatic carbocycles. The molecular weight excluding hydrogens is 348 g/mol. The third-order valence-electron chi connectivity index (χ3n) is 4.39. The van der Waals surface area contributed by atoms with Crippen LogP contribution in [0.1, 0.15) is 37.5 Å². The number of aryl methyl sites for hydroxylation is 3. The van der Waals surface area contributed by atoms with Gasteiger partial charge in [0.25, 0.3) is 0 Å². The van der Waals surface area contributed by atoms with Crippen LogP contribution in [0, 0.1) is 6.92 Å². The molecule has 0 aromatic heterocycles. The summed E-state index contributed by atoms with van der Waals surface area (Å²) in [6, 6.07) is 11.3. The second kappa shape index (κ2) is 8.86. The second-order valence-corrected chi connectivity index (χ2v) is 6.68. The number of anilines is 2. The maximum atomic E-state index is 12.6. The zero-order valence-electron chi connectivity index (χ0n) is 15.7. The maximum absolute atomic E-state index is 12.6. The van der Waals surface area contributed by atoms with Crippen molar-refractivity contribution in [1.29, 1.82) is 0 Å². The highest BCUT2D eigenvalue weighted by Gasteiger charge is 2.21. The molecule has 0 unspecified atom stereocenters. The lowest BCUT2D eigenvalue weighted by molar-refractivity contribution is -0.120. The number of nitrogens with zero attached hydrogens (tertiary/aromatic N) is 1. The fourth-order valence-electron chi connectivity index (χ4n) is 2.97. The molecule has 0 radical (unpaired) electrons. The summed E-state index contributed by atoms with van der Waals surface area (Å²) in [5.41, 5.74) is 4.55. The number of carbonyl (C=O) groups excluding carboxylic acids is 2. The number of halogens is 1. The smallest absolute Gasteiger partial charge is 0.244 e. The average molecular weight is 373 g/mol. The van der Waals surface area contributed by atoms with Crippen LogP contribution >= 0.6 is 11.6 Å². The Bertz CT molecular complexity index is 795. The van der Waals surface area contributed by atoms with Gasteiger partial charge in [0.2, 0.25) is 11.8 Å². The molecule has 5 heteroatoms. The largest absolute Gasteiger partial charge is 0.324 e. The Morgan fingerprint density at radius 2 is 1.69 bits per heavy atom. The molecule has 0 saturated heterocycles. The Balaban J connectivity index is 2.31. The van der Waals surface area contributed by atoms with Crippen LogP contribution in [0.15, 0.2) is 36.4 Å². The van der Waals surface area contributed by atoms with E-state index < -0.39 is 0 Å². The minimum Gasteiger partial charge on any atom is -0.324 e. The number of carbonyl (C=O) groups is 2. The van der Waals surface area contributed by atoms with Crippen molar-refractivity contribution in [3.63, 3.8) is 0 Å². The van der Waals surface area contributed by atoms with Gasteiger partial charge in [-0.1, -0.05) is 49.7 Å². The molecule has 0 bridgehead atoms. The van der Waals surface area contributed by atoms with E-state index in [1.165, 1.54) is 6.92 Å². The van der Waals surface area contributed by atoms with Crippen molar-refractivity contribution in [3.05, 3.63) is 58.1 Å². The molecule has 0 aliphatic rings.